The minimum absolute atomic E-state index is 0.118. The fourth-order valence-corrected chi connectivity index (χ4v) is 4.78. The molecule has 1 aliphatic carbocycles. The zero-order chi connectivity index (χ0) is 19.1. The van der Waals surface area contributed by atoms with Gasteiger partial charge in [0, 0.05) is 5.56 Å². The molecule has 1 aromatic rings. The standard InChI is InChI=1S/C22H32O4/c1-14(2)18-19(24-6)15(11-16(23-5)20(18)25-7)17-12-21(3)9-8-10-22(4,13-21)26-17/h11-12,14H,8-10,13H2,1-7H3. The lowest BCUT2D eigenvalue weighted by Crippen LogP contribution is -2.42. The molecule has 0 amide bonds. The van der Waals surface area contributed by atoms with Crippen LogP contribution in [0.2, 0.25) is 0 Å². The average Bonchev–Trinajstić information content (AvgIpc) is 2.57. The van der Waals surface area contributed by atoms with Crippen molar-refractivity contribution in [1.29, 1.82) is 0 Å². The van der Waals surface area contributed by atoms with Crippen molar-refractivity contribution < 1.29 is 18.9 Å². The quantitative estimate of drug-likeness (QED) is 0.690. The van der Waals surface area contributed by atoms with Gasteiger partial charge in [-0.25, -0.2) is 0 Å². The first-order chi connectivity index (χ1) is 12.3. The smallest absolute Gasteiger partial charge is 0.167 e. The SMILES string of the molecule is COc1cc(C2=CC3(C)CCCC(C)(C3)O2)c(OC)c(C(C)C)c1OC. The highest BCUT2D eigenvalue weighted by molar-refractivity contribution is 5.74. The van der Waals surface area contributed by atoms with Gasteiger partial charge in [0.15, 0.2) is 11.5 Å². The van der Waals surface area contributed by atoms with Crippen LogP contribution >= 0.6 is 0 Å². The van der Waals surface area contributed by atoms with Crippen molar-refractivity contribution in [1.82, 2.24) is 0 Å². The summed E-state index contributed by atoms with van der Waals surface area (Å²) in [6.45, 7) is 8.84. The number of hydrogen-bond acceptors (Lipinski definition) is 4. The fourth-order valence-electron chi connectivity index (χ4n) is 4.78. The van der Waals surface area contributed by atoms with Crippen LogP contribution in [0.1, 0.15) is 70.4 Å². The molecule has 0 spiro atoms. The molecule has 0 aromatic heterocycles. The second kappa shape index (κ2) is 6.71. The molecule has 3 rings (SSSR count). The molecule has 26 heavy (non-hydrogen) atoms. The highest BCUT2D eigenvalue weighted by Crippen LogP contribution is 2.54. The molecule has 2 unspecified atom stereocenters. The number of fused-ring (bicyclic) bond motifs is 2. The van der Waals surface area contributed by atoms with Crippen LogP contribution in [-0.4, -0.2) is 26.9 Å². The molecule has 2 atom stereocenters. The lowest BCUT2D eigenvalue weighted by atomic mass is 9.67. The third-order valence-electron chi connectivity index (χ3n) is 5.77. The molecular formula is C22H32O4. The van der Waals surface area contributed by atoms with Crippen LogP contribution in [0.15, 0.2) is 12.1 Å². The van der Waals surface area contributed by atoms with Crippen molar-refractivity contribution in [3.63, 3.8) is 0 Å². The summed E-state index contributed by atoms with van der Waals surface area (Å²) in [4.78, 5) is 0. The van der Waals surface area contributed by atoms with E-state index >= 15 is 0 Å². The van der Waals surface area contributed by atoms with Crippen molar-refractivity contribution in [3.05, 3.63) is 23.3 Å². The van der Waals surface area contributed by atoms with Gasteiger partial charge in [-0.15, -0.1) is 0 Å². The van der Waals surface area contributed by atoms with Gasteiger partial charge in [0.1, 0.15) is 17.1 Å². The maximum Gasteiger partial charge on any atom is 0.167 e. The average molecular weight is 360 g/mol. The topological polar surface area (TPSA) is 36.9 Å². The third kappa shape index (κ3) is 3.15. The summed E-state index contributed by atoms with van der Waals surface area (Å²) in [5.74, 6) is 3.39. The minimum atomic E-state index is -0.118. The Bertz CT molecular complexity index is 721. The molecule has 0 N–H and O–H groups in total. The molecule has 4 heteroatoms. The number of hydrogen-bond donors (Lipinski definition) is 0. The van der Waals surface area contributed by atoms with Crippen LogP contribution < -0.4 is 14.2 Å². The summed E-state index contributed by atoms with van der Waals surface area (Å²) >= 11 is 0. The number of rotatable bonds is 5. The zero-order valence-electron chi connectivity index (χ0n) is 17.2. The molecule has 0 radical (unpaired) electrons. The van der Waals surface area contributed by atoms with Crippen LogP contribution in [0, 0.1) is 5.41 Å². The lowest BCUT2D eigenvalue weighted by molar-refractivity contribution is -0.0313. The largest absolute Gasteiger partial charge is 0.496 e. The normalized spacial score (nSPS) is 27.6. The number of ether oxygens (including phenoxy) is 4. The Morgan fingerprint density at radius 2 is 1.69 bits per heavy atom. The van der Waals surface area contributed by atoms with E-state index < -0.39 is 0 Å². The molecule has 0 saturated heterocycles. The van der Waals surface area contributed by atoms with Crippen LogP contribution in [0.25, 0.3) is 5.76 Å². The van der Waals surface area contributed by atoms with E-state index in [-0.39, 0.29) is 16.9 Å². The minimum Gasteiger partial charge on any atom is -0.496 e. The first kappa shape index (κ1) is 18.9. The van der Waals surface area contributed by atoms with Gasteiger partial charge in [-0.05, 0) is 56.1 Å². The maximum atomic E-state index is 6.53. The predicted octanol–water partition coefficient (Wildman–Crippen LogP) is 5.55. The van der Waals surface area contributed by atoms with Gasteiger partial charge >= 0.3 is 0 Å². The van der Waals surface area contributed by atoms with Gasteiger partial charge in [0.25, 0.3) is 0 Å². The Morgan fingerprint density at radius 1 is 1.00 bits per heavy atom. The van der Waals surface area contributed by atoms with Crippen molar-refractivity contribution in [2.45, 2.75) is 64.9 Å². The lowest BCUT2D eigenvalue weighted by Gasteiger charge is -2.48. The molecule has 1 heterocycles. The van der Waals surface area contributed by atoms with Crippen molar-refractivity contribution in [2.75, 3.05) is 21.3 Å². The molecule has 1 aliphatic heterocycles. The Labute approximate surface area is 157 Å². The maximum absolute atomic E-state index is 6.53. The Hall–Kier alpha value is -1.84. The van der Waals surface area contributed by atoms with Crippen LogP contribution in [-0.2, 0) is 4.74 Å². The van der Waals surface area contributed by atoms with Gasteiger partial charge in [0.05, 0.1) is 26.9 Å². The van der Waals surface area contributed by atoms with E-state index in [1.807, 2.05) is 6.07 Å². The van der Waals surface area contributed by atoms with E-state index in [4.69, 9.17) is 18.9 Å². The van der Waals surface area contributed by atoms with Crippen molar-refractivity contribution in [3.8, 4) is 17.2 Å². The number of methoxy groups -OCH3 is 3. The summed E-state index contributed by atoms with van der Waals surface area (Å²) in [6, 6.07) is 1.99. The van der Waals surface area contributed by atoms with Crippen LogP contribution in [0.3, 0.4) is 0 Å². The van der Waals surface area contributed by atoms with E-state index in [9.17, 15) is 0 Å². The summed E-state index contributed by atoms with van der Waals surface area (Å²) < 4.78 is 23.7. The monoisotopic (exact) mass is 360 g/mol. The Morgan fingerprint density at radius 3 is 2.23 bits per heavy atom. The molecule has 4 nitrogen and oxygen atoms in total. The van der Waals surface area contributed by atoms with Gasteiger partial charge < -0.3 is 18.9 Å². The Balaban J connectivity index is 2.23. The highest BCUT2D eigenvalue weighted by atomic mass is 16.5. The Kier molecular flexibility index (Phi) is 4.89. The molecule has 2 bridgehead atoms. The van der Waals surface area contributed by atoms with Gasteiger partial charge in [0.2, 0.25) is 0 Å². The van der Waals surface area contributed by atoms with Gasteiger partial charge in [-0.3, -0.25) is 0 Å². The first-order valence-electron chi connectivity index (χ1n) is 9.51. The molecule has 1 saturated carbocycles. The molecule has 144 valence electrons. The molecular weight excluding hydrogens is 328 g/mol. The van der Waals surface area contributed by atoms with E-state index in [0.717, 1.165) is 41.2 Å². The summed E-state index contributed by atoms with van der Waals surface area (Å²) in [5.41, 5.74) is 2.01. The van der Waals surface area contributed by atoms with Gasteiger partial charge in [-0.1, -0.05) is 20.8 Å². The summed E-state index contributed by atoms with van der Waals surface area (Å²) in [5, 5.41) is 0. The second-order valence-corrected chi connectivity index (χ2v) is 8.51. The van der Waals surface area contributed by atoms with E-state index in [1.54, 1.807) is 21.3 Å². The van der Waals surface area contributed by atoms with Crippen LogP contribution in [0.4, 0.5) is 0 Å². The number of benzene rings is 1. The highest BCUT2D eigenvalue weighted by Gasteiger charge is 2.45. The summed E-state index contributed by atoms with van der Waals surface area (Å²) in [6.07, 6.45) is 6.85. The number of allylic oxidation sites excluding steroid dienone is 1. The fraction of sp³-hybridized carbons (Fsp3) is 0.636. The van der Waals surface area contributed by atoms with Crippen LogP contribution in [0.5, 0.6) is 17.2 Å². The second-order valence-electron chi connectivity index (χ2n) is 8.51. The third-order valence-corrected chi connectivity index (χ3v) is 5.77. The van der Waals surface area contributed by atoms with E-state index in [1.165, 1.54) is 12.8 Å². The molecule has 1 fully saturated rings. The first-order valence-corrected chi connectivity index (χ1v) is 9.51. The van der Waals surface area contributed by atoms with E-state index in [2.05, 4.69) is 33.8 Å². The summed E-state index contributed by atoms with van der Waals surface area (Å²) in [7, 11) is 5.06. The van der Waals surface area contributed by atoms with Crippen molar-refractivity contribution in [2.24, 2.45) is 5.41 Å². The zero-order valence-corrected chi connectivity index (χ0v) is 17.2. The van der Waals surface area contributed by atoms with Crippen molar-refractivity contribution >= 4 is 5.76 Å². The molecule has 2 aliphatic rings. The van der Waals surface area contributed by atoms with E-state index in [0.29, 0.717) is 5.75 Å². The molecule has 1 aromatic carbocycles. The predicted molar refractivity (Wildman–Crippen MR) is 104 cm³/mol. The van der Waals surface area contributed by atoms with Gasteiger partial charge in [-0.2, -0.15) is 0 Å².